The molecule has 0 fully saturated rings. The lowest BCUT2D eigenvalue weighted by molar-refractivity contribution is -0.107. The Hall–Kier alpha value is -3.08. The lowest BCUT2D eigenvalue weighted by Crippen LogP contribution is -2.05. The van der Waals surface area contributed by atoms with E-state index in [-0.39, 0.29) is 6.10 Å². The third kappa shape index (κ3) is 4.11. The first-order valence-corrected chi connectivity index (χ1v) is 8.45. The number of aldehydes is 1. The van der Waals surface area contributed by atoms with Crippen molar-refractivity contribution in [3.63, 3.8) is 0 Å². The second-order valence-corrected chi connectivity index (χ2v) is 6.13. The van der Waals surface area contributed by atoms with Gasteiger partial charge in [0.1, 0.15) is 12.0 Å². The number of pyridine rings is 1. The normalized spacial score (nSPS) is 10.8. The summed E-state index contributed by atoms with van der Waals surface area (Å²) in [6.07, 6.45) is 1.37. The van der Waals surface area contributed by atoms with Crippen molar-refractivity contribution in [2.75, 3.05) is 7.11 Å². The van der Waals surface area contributed by atoms with Crippen LogP contribution in [0.1, 0.15) is 19.4 Å². The first-order chi connectivity index (χ1) is 12.6. The second-order valence-electron chi connectivity index (χ2n) is 6.13. The quantitative estimate of drug-likeness (QED) is 0.584. The predicted molar refractivity (Wildman–Crippen MR) is 100 cm³/mol. The van der Waals surface area contributed by atoms with Gasteiger partial charge in [0.2, 0.25) is 5.88 Å². The van der Waals surface area contributed by atoms with Crippen LogP contribution in [0.15, 0.2) is 48.5 Å². The van der Waals surface area contributed by atoms with E-state index < -0.39 is 0 Å². The Balaban J connectivity index is 1.86. The zero-order valence-corrected chi connectivity index (χ0v) is 15.1. The van der Waals surface area contributed by atoms with E-state index >= 15 is 0 Å². The largest absolute Gasteiger partial charge is 0.493 e. The van der Waals surface area contributed by atoms with Gasteiger partial charge in [-0.25, -0.2) is 4.98 Å². The highest BCUT2D eigenvalue weighted by Crippen LogP contribution is 2.34. The zero-order chi connectivity index (χ0) is 18.5. The Morgan fingerprint density at radius 1 is 1.04 bits per heavy atom. The number of aromatic nitrogens is 1. The van der Waals surface area contributed by atoms with Crippen LogP contribution in [0.3, 0.4) is 0 Å². The fraction of sp³-hybridized carbons (Fsp3) is 0.238. The molecule has 26 heavy (non-hydrogen) atoms. The molecule has 0 spiro atoms. The van der Waals surface area contributed by atoms with Crippen LogP contribution >= 0.6 is 0 Å². The highest BCUT2D eigenvalue weighted by Gasteiger charge is 2.10. The topological polar surface area (TPSA) is 57.7 Å². The third-order valence-electron chi connectivity index (χ3n) is 3.77. The summed E-state index contributed by atoms with van der Waals surface area (Å²) >= 11 is 0. The Morgan fingerprint density at radius 2 is 1.88 bits per heavy atom. The summed E-state index contributed by atoms with van der Waals surface area (Å²) in [5.74, 6) is 2.33. The molecule has 0 saturated carbocycles. The van der Waals surface area contributed by atoms with Gasteiger partial charge >= 0.3 is 0 Å². The Morgan fingerprint density at radius 3 is 2.62 bits per heavy atom. The summed E-state index contributed by atoms with van der Waals surface area (Å²) in [4.78, 5) is 15.2. The molecule has 1 heterocycles. The lowest BCUT2D eigenvalue weighted by atomic mass is 10.1. The minimum Gasteiger partial charge on any atom is -0.493 e. The van der Waals surface area contributed by atoms with Crippen LogP contribution < -0.4 is 14.2 Å². The standard InChI is InChI=1S/C21H21NO4/c1-14(2)25-17-6-8-19(20(13-17)24-3)26-21-9-5-16-12-15(10-11-23)4-7-18(16)22-21/h4-9,11-14H,10H2,1-3H3. The molecular formula is C21H21NO4. The molecule has 0 aliphatic carbocycles. The number of nitrogens with zero attached hydrogens (tertiary/aromatic N) is 1. The fourth-order valence-corrected chi connectivity index (χ4v) is 2.63. The lowest BCUT2D eigenvalue weighted by Gasteiger charge is -2.14. The molecule has 0 unspecified atom stereocenters. The Bertz CT molecular complexity index is 921. The number of carbonyl (C=O) groups is 1. The molecule has 0 N–H and O–H groups in total. The van der Waals surface area contributed by atoms with E-state index in [1.165, 1.54) is 0 Å². The van der Waals surface area contributed by atoms with Gasteiger partial charge in [0.05, 0.1) is 18.7 Å². The van der Waals surface area contributed by atoms with Gasteiger partial charge in [-0.2, -0.15) is 0 Å². The van der Waals surface area contributed by atoms with Gasteiger partial charge in [0.15, 0.2) is 11.5 Å². The first-order valence-electron chi connectivity index (χ1n) is 8.45. The molecule has 3 aromatic rings. The van der Waals surface area contributed by atoms with E-state index in [9.17, 15) is 4.79 Å². The molecule has 0 atom stereocenters. The number of methoxy groups -OCH3 is 1. The highest BCUT2D eigenvalue weighted by molar-refractivity contribution is 5.80. The summed E-state index contributed by atoms with van der Waals surface area (Å²) in [7, 11) is 1.59. The molecule has 0 aliphatic heterocycles. The van der Waals surface area contributed by atoms with E-state index in [0.29, 0.717) is 23.8 Å². The van der Waals surface area contributed by atoms with Crippen molar-refractivity contribution in [2.24, 2.45) is 0 Å². The molecule has 0 saturated heterocycles. The molecular weight excluding hydrogens is 330 g/mol. The molecule has 0 aliphatic rings. The third-order valence-corrected chi connectivity index (χ3v) is 3.77. The molecule has 1 aromatic heterocycles. The van der Waals surface area contributed by atoms with Crippen LogP contribution in [-0.2, 0) is 11.2 Å². The molecule has 0 radical (unpaired) electrons. The number of ether oxygens (including phenoxy) is 3. The van der Waals surface area contributed by atoms with E-state index in [1.807, 2.05) is 44.2 Å². The zero-order valence-electron chi connectivity index (χ0n) is 15.1. The van der Waals surface area contributed by atoms with Crippen LogP contribution in [0, 0.1) is 0 Å². The minimum absolute atomic E-state index is 0.0812. The number of hydrogen-bond donors (Lipinski definition) is 0. The smallest absolute Gasteiger partial charge is 0.219 e. The monoisotopic (exact) mass is 351 g/mol. The number of benzene rings is 2. The van der Waals surface area contributed by atoms with Crippen molar-refractivity contribution in [1.82, 2.24) is 4.98 Å². The van der Waals surface area contributed by atoms with Crippen LogP contribution in [0.2, 0.25) is 0 Å². The number of hydrogen-bond acceptors (Lipinski definition) is 5. The second kappa shape index (κ2) is 7.87. The summed E-state index contributed by atoms with van der Waals surface area (Å²) in [6, 6.07) is 14.9. The minimum atomic E-state index is 0.0812. The van der Waals surface area contributed by atoms with E-state index in [1.54, 1.807) is 25.3 Å². The van der Waals surface area contributed by atoms with Crippen molar-refractivity contribution in [1.29, 1.82) is 0 Å². The first kappa shape index (κ1) is 17.7. The number of carbonyl (C=O) groups excluding carboxylic acids is 1. The summed E-state index contributed by atoms with van der Waals surface area (Å²) in [5, 5.41) is 0.962. The van der Waals surface area contributed by atoms with Crippen molar-refractivity contribution in [3.05, 3.63) is 54.1 Å². The summed E-state index contributed by atoms with van der Waals surface area (Å²) < 4.78 is 17.0. The van der Waals surface area contributed by atoms with Gasteiger partial charge in [0, 0.05) is 23.9 Å². The maximum absolute atomic E-state index is 10.7. The van der Waals surface area contributed by atoms with Crippen molar-refractivity contribution >= 4 is 17.2 Å². The van der Waals surface area contributed by atoms with Crippen LogP contribution in [0.5, 0.6) is 23.1 Å². The van der Waals surface area contributed by atoms with Crippen LogP contribution in [-0.4, -0.2) is 24.5 Å². The van der Waals surface area contributed by atoms with E-state index in [0.717, 1.165) is 28.5 Å². The Kier molecular flexibility index (Phi) is 5.37. The molecule has 2 aromatic carbocycles. The molecule has 0 bridgehead atoms. The van der Waals surface area contributed by atoms with Gasteiger partial charge in [0.25, 0.3) is 0 Å². The number of rotatable bonds is 7. The molecule has 3 rings (SSSR count). The maximum Gasteiger partial charge on any atom is 0.219 e. The average Bonchev–Trinajstić information content (AvgIpc) is 2.63. The van der Waals surface area contributed by atoms with Crippen LogP contribution in [0.25, 0.3) is 10.9 Å². The van der Waals surface area contributed by atoms with Gasteiger partial charge in [-0.05, 0) is 49.7 Å². The van der Waals surface area contributed by atoms with E-state index in [4.69, 9.17) is 14.2 Å². The van der Waals surface area contributed by atoms with Gasteiger partial charge in [-0.15, -0.1) is 0 Å². The van der Waals surface area contributed by atoms with Gasteiger partial charge < -0.3 is 19.0 Å². The van der Waals surface area contributed by atoms with E-state index in [2.05, 4.69) is 4.98 Å². The molecule has 0 amide bonds. The molecule has 5 heteroatoms. The van der Waals surface area contributed by atoms with Crippen LogP contribution in [0.4, 0.5) is 0 Å². The van der Waals surface area contributed by atoms with Gasteiger partial charge in [-0.1, -0.05) is 6.07 Å². The summed E-state index contributed by atoms with van der Waals surface area (Å²) in [6.45, 7) is 3.94. The van der Waals surface area contributed by atoms with Crippen molar-refractivity contribution in [3.8, 4) is 23.1 Å². The molecule has 134 valence electrons. The average molecular weight is 351 g/mol. The van der Waals surface area contributed by atoms with Crippen molar-refractivity contribution in [2.45, 2.75) is 26.4 Å². The van der Waals surface area contributed by atoms with Gasteiger partial charge in [-0.3, -0.25) is 0 Å². The van der Waals surface area contributed by atoms with Crippen molar-refractivity contribution < 1.29 is 19.0 Å². The SMILES string of the molecule is COc1cc(OC(C)C)ccc1Oc1ccc2cc(CC=O)ccc2n1. The Labute approximate surface area is 152 Å². The molecule has 5 nitrogen and oxygen atoms in total. The maximum atomic E-state index is 10.7. The highest BCUT2D eigenvalue weighted by atomic mass is 16.5. The number of fused-ring (bicyclic) bond motifs is 1. The predicted octanol–water partition coefficient (Wildman–Crippen LogP) is 4.56. The summed E-state index contributed by atoms with van der Waals surface area (Å²) in [5.41, 5.74) is 1.77. The fourth-order valence-electron chi connectivity index (χ4n) is 2.63.